The second kappa shape index (κ2) is 7.59. The van der Waals surface area contributed by atoms with Crippen LogP contribution in [0.4, 0.5) is 0 Å². The minimum absolute atomic E-state index is 0.0195. The number of hydrogen-bond acceptors (Lipinski definition) is 6. The van der Waals surface area contributed by atoms with Crippen molar-refractivity contribution < 1.29 is 14.3 Å². The normalized spacial score (nSPS) is 23.4. The maximum Gasteiger partial charge on any atom is 0.277 e. The van der Waals surface area contributed by atoms with Crippen LogP contribution in [0, 0.1) is 0 Å². The van der Waals surface area contributed by atoms with E-state index in [1.54, 1.807) is 29.7 Å². The number of piperidine rings is 1. The van der Waals surface area contributed by atoms with Crippen molar-refractivity contribution in [3.05, 3.63) is 64.1 Å². The van der Waals surface area contributed by atoms with Gasteiger partial charge in [-0.3, -0.25) is 24.1 Å². The molecule has 152 valence electrons. The van der Waals surface area contributed by atoms with E-state index in [4.69, 9.17) is 4.74 Å². The molecule has 1 fully saturated rings. The van der Waals surface area contributed by atoms with Crippen LogP contribution in [-0.4, -0.2) is 46.2 Å². The maximum atomic E-state index is 13.1. The third kappa shape index (κ3) is 3.21. The van der Waals surface area contributed by atoms with Crippen LogP contribution in [0.1, 0.15) is 41.9 Å². The van der Waals surface area contributed by atoms with Gasteiger partial charge in [0.2, 0.25) is 5.43 Å². The van der Waals surface area contributed by atoms with Crippen LogP contribution in [0.15, 0.2) is 47.4 Å². The molecule has 0 spiro atoms. The van der Waals surface area contributed by atoms with Crippen molar-refractivity contribution in [2.75, 3.05) is 19.2 Å². The highest BCUT2D eigenvalue weighted by atomic mass is 32.2. The van der Waals surface area contributed by atoms with Crippen molar-refractivity contribution >= 4 is 22.8 Å². The van der Waals surface area contributed by atoms with E-state index in [9.17, 15) is 14.4 Å². The minimum atomic E-state index is -0.332. The molecule has 2 aliphatic heterocycles. The lowest BCUT2D eigenvalue weighted by molar-refractivity contribution is -0.109. The topological polar surface area (TPSA) is 71.8 Å². The first-order valence-corrected chi connectivity index (χ1v) is 10.4. The Hall–Kier alpha value is -2.74. The van der Waals surface area contributed by atoms with Gasteiger partial charge in [0.25, 0.3) is 5.91 Å². The molecular weight excluding hydrogens is 390 g/mol. The summed E-state index contributed by atoms with van der Waals surface area (Å²) in [5, 5.41) is 2.19. The van der Waals surface area contributed by atoms with Crippen LogP contribution in [0.25, 0.3) is 0 Å². The quantitative estimate of drug-likeness (QED) is 0.770. The molecule has 0 N–H and O–H groups in total. The summed E-state index contributed by atoms with van der Waals surface area (Å²) in [6.07, 6.45) is 2.98. The third-order valence-corrected chi connectivity index (χ3v) is 6.70. The minimum Gasteiger partial charge on any atom is -0.491 e. The monoisotopic (exact) mass is 413 g/mol. The average Bonchev–Trinajstić information content (AvgIpc) is 2.71. The Morgan fingerprint density at radius 1 is 1.14 bits per heavy atom. The predicted molar refractivity (Wildman–Crippen MR) is 112 cm³/mol. The van der Waals surface area contributed by atoms with E-state index in [2.05, 4.69) is 5.01 Å². The molecule has 1 aromatic carbocycles. The summed E-state index contributed by atoms with van der Waals surface area (Å²) in [5.74, 6) is -0.207. The number of methoxy groups -OCH3 is 1. The lowest BCUT2D eigenvalue weighted by atomic mass is 9.93. The molecule has 4 rings (SSSR count). The van der Waals surface area contributed by atoms with Crippen molar-refractivity contribution in [1.29, 1.82) is 0 Å². The van der Waals surface area contributed by atoms with Gasteiger partial charge in [-0.1, -0.05) is 42.1 Å². The fourth-order valence-corrected chi connectivity index (χ4v) is 5.45. The van der Waals surface area contributed by atoms with Crippen molar-refractivity contribution in [1.82, 2.24) is 9.58 Å². The van der Waals surface area contributed by atoms with Crippen molar-refractivity contribution in [2.24, 2.45) is 0 Å². The molecule has 29 heavy (non-hydrogen) atoms. The molecule has 7 nitrogen and oxygen atoms in total. The second-order valence-electron chi connectivity index (χ2n) is 7.26. The number of thioether (sulfide) groups is 1. The maximum absolute atomic E-state index is 13.1. The summed E-state index contributed by atoms with van der Waals surface area (Å²) >= 11 is 1.33. The van der Waals surface area contributed by atoms with Gasteiger partial charge < -0.3 is 9.64 Å². The van der Waals surface area contributed by atoms with Crippen LogP contribution in [0.2, 0.25) is 0 Å². The number of amides is 1. The zero-order chi connectivity index (χ0) is 20.7. The smallest absolute Gasteiger partial charge is 0.277 e. The van der Waals surface area contributed by atoms with Gasteiger partial charge in [0.1, 0.15) is 6.17 Å². The van der Waals surface area contributed by atoms with Crippen LogP contribution in [0.3, 0.4) is 0 Å². The summed E-state index contributed by atoms with van der Waals surface area (Å²) in [5.41, 5.74) is 0.942. The SMILES string of the molecule is COc1c2n(ccc1=O)N1[C@H](c3ccccc3)[C@H](SC(C)=O)CC[C@H]1N(C)C2=O. The molecule has 1 saturated heterocycles. The van der Waals surface area contributed by atoms with E-state index in [-0.39, 0.29) is 45.4 Å². The fourth-order valence-electron chi connectivity index (χ4n) is 4.36. The van der Waals surface area contributed by atoms with Crippen LogP contribution in [-0.2, 0) is 4.79 Å². The fraction of sp³-hybridized carbons (Fsp3) is 0.381. The van der Waals surface area contributed by atoms with Crippen molar-refractivity contribution in [2.45, 2.75) is 37.2 Å². The van der Waals surface area contributed by atoms with Crippen LogP contribution >= 0.6 is 11.8 Å². The number of carbonyl (C=O) groups excluding carboxylic acids is 2. The number of carbonyl (C=O) groups is 2. The first-order chi connectivity index (χ1) is 13.9. The van der Waals surface area contributed by atoms with Gasteiger partial charge in [-0.05, 0) is 18.4 Å². The standard InChI is InChI=1S/C21H23N3O4S/c1-13(25)29-16-9-10-17-22(2)21(27)19-20(28-3)15(26)11-12-23(19)24(17)18(16)14-7-5-4-6-8-14/h4-8,11-12,16-18H,9-10H2,1-3H3/t16-,17+,18-/m1/s1. The van der Waals surface area contributed by atoms with Gasteiger partial charge in [0.15, 0.2) is 16.6 Å². The van der Waals surface area contributed by atoms with Gasteiger partial charge in [-0.25, -0.2) is 0 Å². The Morgan fingerprint density at radius 2 is 1.86 bits per heavy atom. The van der Waals surface area contributed by atoms with E-state index >= 15 is 0 Å². The molecule has 1 amide bonds. The van der Waals surface area contributed by atoms with E-state index in [0.29, 0.717) is 0 Å². The van der Waals surface area contributed by atoms with Crippen LogP contribution < -0.4 is 15.2 Å². The summed E-state index contributed by atoms with van der Waals surface area (Å²) in [6.45, 7) is 1.58. The molecule has 3 heterocycles. The van der Waals surface area contributed by atoms with Crippen molar-refractivity contribution in [3.63, 3.8) is 0 Å². The predicted octanol–water partition coefficient (Wildman–Crippen LogP) is 2.39. The molecular formula is C21H23N3O4S. The molecule has 8 heteroatoms. The Morgan fingerprint density at radius 3 is 2.52 bits per heavy atom. The molecule has 0 saturated carbocycles. The molecule has 0 aliphatic carbocycles. The largest absolute Gasteiger partial charge is 0.491 e. The highest BCUT2D eigenvalue weighted by Gasteiger charge is 2.47. The first-order valence-electron chi connectivity index (χ1n) is 9.51. The van der Waals surface area contributed by atoms with E-state index in [0.717, 1.165) is 18.4 Å². The number of hydrogen-bond donors (Lipinski definition) is 0. The highest BCUT2D eigenvalue weighted by molar-refractivity contribution is 8.14. The number of pyridine rings is 1. The molecule has 3 atom stereocenters. The molecule has 0 bridgehead atoms. The zero-order valence-corrected chi connectivity index (χ0v) is 17.4. The number of aromatic nitrogens is 1. The zero-order valence-electron chi connectivity index (χ0n) is 16.6. The van der Waals surface area contributed by atoms with Gasteiger partial charge in [-0.15, -0.1) is 0 Å². The van der Waals surface area contributed by atoms with E-state index < -0.39 is 0 Å². The Labute approximate surface area is 173 Å². The first kappa shape index (κ1) is 19.6. The Bertz CT molecular complexity index is 1010. The summed E-state index contributed by atoms with van der Waals surface area (Å²) < 4.78 is 7.06. The Balaban J connectivity index is 1.93. The summed E-state index contributed by atoms with van der Waals surface area (Å²) in [4.78, 5) is 39.1. The lowest BCUT2D eigenvalue weighted by Gasteiger charge is -2.53. The summed E-state index contributed by atoms with van der Waals surface area (Å²) in [6, 6.07) is 11.2. The molecule has 2 aromatic rings. The summed E-state index contributed by atoms with van der Waals surface area (Å²) in [7, 11) is 3.15. The number of rotatable bonds is 3. The number of benzene rings is 1. The van der Waals surface area contributed by atoms with E-state index in [1.165, 1.54) is 24.9 Å². The molecule has 0 radical (unpaired) electrons. The van der Waals surface area contributed by atoms with Gasteiger partial charge >= 0.3 is 0 Å². The number of ether oxygens (including phenoxy) is 1. The second-order valence-corrected chi connectivity index (χ2v) is 8.68. The molecule has 2 aliphatic rings. The number of fused-ring (bicyclic) bond motifs is 3. The van der Waals surface area contributed by atoms with Crippen molar-refractivity contribution in [3.8, 4) is 5.75 Å². The Kier molecular flexibility index (Phi) is 5.12. The van der Waals surface area contributed by atoms with Crippen LogP contribution in [0.5, 0.6) is 5.75 Å². The van der Waals surface area contributed by atoms with Gasteiger partial charge in [0, 0.05) is 31.5 Å². The molecule has 0 unspecified atom stereocenters. The lowest BCUT2D eigenvalue weighted by Crippen LogP contribution is -2.64. The molecule has 1 aromatic heterocycles. The average molecular weight is 413 g/mol. The van der Waals surface area contributed by atoms with E-state index in [1.807, 2.05) is 30.3 Å². The van der Waals surface area contributed by atoms with Gasteiger partial charge in [-0.2, -0.15) is 0 Å². The number of nitrogens with zero attached hydrogens (tertiary/aromatic N) is 3. The van der Waals surface area contributed by atoms with Gasteiger partial charge in [0.05, 0.1) is 13.2 Å². The third-order valence-electron chi connectivity index (χ3n) is 5.57. The highest BCUT2D eigenvalue weighted by Crippen LogP contribution is 2.43.